The summed E-state index contributed by atoms with van der Waals surface area (Å²) in [5.74, 6) is -2.67. The number of anilines is 3. The van der Waals surface area contributed by atoms with Crippen LogP contribution in [0.5, 0.6) is 0 Å². The molecule has 1 heterocycles. The van der Waals surface area contributed by atoms with E-state index >= 15 is 0 Å². The van der Waals surface area contributed by atoms with Crippen LogP contribution in [0.1, 0.15) is 27.8 Å². The highest BCUT2D eigenvalue weighted by atomic mass is 19.1. The normalized spacial score (nSPS) is 10.3. The average molecular weight is 398 g/mol. The number of ether oxygens (including phenoxy) is 1. The van der Waals surface area contributed by atoms with Crippen LogP contribution in [0.4, 0.5) is 26.0 Å². The molecule has 1 amide bonds. The molecule has 0 unspecified atom stereocenters. The lowest BCUT2D eigenvalue weighted by molar-refractivity contribution is 0.0526. The third kappa shape index (κ3) is 4.89. The first kappa shape index (κ1) is 19.9. The van der Waals surface area contributed by atoms with E-state index in [1.165, 1.54) is 18.5 Å². The van der Waals surface area contributed by atoms with Gasteiger partial charge in [-0.1, -0.05) is 6.07 Å². The van der Waals surface area contributed by atoms with E-state index in [0.717, 1.165) is 12.1 Å². The molecule has 0 fully saturated rings. The molecule has 3 aromatic rings. The Morgan fingerprint density at radius 2 is 1.69 bits per heavy atom. The molecule has 0 aliphatic carbocycles. The van der Waals surface area contributed by atoms with Crippen LogP contribution in [0.25, 0.3) is 0 Å². The Morgan fingerprint density at radius 3 is 2.28 bits per heavy atom. The van der Waals surface area contributed by atoms with Crippen LogP contribution >= 0.6 is 0 Å². The van der Waals surface area contributed by atoms with E-state index in [-0.39, 0.29) is 12.3 Å². The largest absolute Gasteiger partial charge is 0.462 e. The Labute approximate surface area is 164 Å². The highest BCUT2D eigenvalue weighted by Crippen LogP contribution is 2.19. The Morgan fingerprint density at radius 1 is 1.00 bits per heavy atom. The molecule has 0 radical (unpaired) electrons. The minimum Gasteiger partial charge on any atom is -0.462 e. The number of nitrogens with zero attached hydrogens (tertiary/aromatic N) is 2. The number of rotatable bonds is 6. The van der Waals surface area contributed by atoms with Gasteiger partial charge < -0.3 is 15.4 Å². The smallest absolute Gasteiger partial charge is 0.338 e. The Hall–Kier alpha value is -3.88. The van der Waals surface area contributed by atoms with E-state index in [0.29, 0.717) is 17.1 Å². The van der Waals surface area contributed by atoms with Crippen LogP contribution in [0.3, 0.4) is 0 Å². The molecule has 2 N–H and O–H groups in total. The Bertz CT molecular complexity index is 1000. The SMILES string of the molecule is CCOC(=O)c1ccc(Nc2cnc(C(=O)Nc3c(F)cccc3F)cn2)cc1. The predicted octanol–water partition coefficient (Wildman–Crippen LogP) is 3.93. The van der Waals surface area contributed by atoms with E-state index in [2.05, 4.69) is 20.6 Å². The fourth-order valence-corrected chi connectivity index (χ4v) is 2.36. The lowest BCUT2D eigenvalue weighted by Crippen LogP contribution is -2.16. The van der Waals surface area contributed by atoms with Crippen LogP contribution in [0, 0.1) is 11.6 Å². The summed E-state index contributed by atoms with van der Waals surface area (Å²) in [6, 6.07) is 9.77. The van der Waals surface area contributed by atoms with Gasteiger partial charge in [0.1, 0.15) is 28.8 Å². The summed E-state index contributed by atoms with van der Waals surface area (Å²) in [6.45, 7) is 2.02. The van der Waals surface area contributed by atoms with E-state index in [1.54, 1.807) is 31.2 Å². The maximum absolute atomic E-state index is 13.6. The molecule has 0 atom stereocenters. The zero-order valence-electron chi connectivity index (χ0n) is 15.3. The van der Waals surface area contributed by atoms with Crippen molar-refractivity contribution >= 4 is 29.1 Å². The molecule has 0 saturated heterocycles. The summed E-state index contributed by atoms with van der Waals surface area (Å²) >= 11 is 0. The molecule has 9 heteroatoms. The standard InChI is InChI=1S/C20H16F2N4O3/c1-2-29-20(28)12-6-8-13(9-7-12)25-17-11-23-16(10-24-17)19(27)26-18-14(21)4-3-5-15(18)22/h3-11H,2H2,1H3,(H,24,25)(H,26,27). The van der Waals surface area contributed by atoms with Gasteiger partial charge in [-0.05, 0) is 43.3 Å². The zero-order valence-corrected chi connectivity index (χ0v) is 15.3. The average Bonchev–Trinajstić information content (AvgIpc) is 2.72. The Balaban J connectivity index is 1.65. The van der Waals surface area contributed by atoms with Crippen LogP contribution in [-0.4, -0.2) is 28.5 Å². The quantitative estimate of drug-likeness (QED) is 0.611. The summed E-state index contributed by atoms with van der Waals surface area (Å²) in [5.41, 5.74) is 0.382. The molecule has 7 nitrogen and oxygen atoms in total. The summed E-state index contributed by atoms with van der Waals surface area (Å²) in [7, 11) is 0. The fourth-order valence-electron chi connectivity index (χ4n) is 2.36. The van der Waals surface area contributed by atoms with Crippen LogP contribution < -0.4 is 10.6 Å². The molecule has 0 aliphatic heterocycles. The number of carbonyl (C=O) groups is 2. The van der Waals surface area contributed by atoms with Crippen molar-refractivity contribution in [1.29, 1.82) is 0 Å². The minimum atomic E-state index is -0.893. The molecule has 29 heavy (non-hydrogen) atoms. The van der Waals surface area contributed by atoms with Gasteiger partial charge >= 0.3 is 5.97 Å². The van der Waals surface area contributed by atoms with Crippen molar-refractivity contribution in [3.8, 4) is 0 Å². The zero-order chi connectivity index (χ0) is 20.8. The lowest BCUT2D eigenvalue weighted by Gasteiger charge is -2.08. The van der Waals surface area contributed by atoms with Gasteiger partial charge in [-0.2, -0.15) is 0 Å². The molecule has 0 spiro atoms. The number of nitrogens with one attached hydrogen (secondary N) is 2. The fraction of sp³-hybridized carbons (Fsp3) is 0.100. The predicted molar refractivity (Wildman–Crippen MR) is 102 cm³/mol. The van der Waals surface area contributed by atoms with Crippen molar-refractivity contribution in [2.75, 3.05) is 17.2 Å². The van der Waals surface area contributed by atoms with Gasteiger partial charge in [0.25, 0.3) is 5.91 Å². The van der Waals surface area contributed by atoms with Crippen LogP contribution in [-0.2, 0) is 4.74 Å². The van der Waals surface area contributed by atoms with E-state index in [4.69, 9.17) is 4.74 Å². The summed E-state index contributed by atoms with van der Waals surface area (Å²) in [6.07, 6.45) is 2.47. The van der Waals surface area contributed by atoms with Crippen LogP contribution in [0.15, 0.2) is 54.9 Å². The topological polar surface area (TPSA) is 93.2 Å². The summed E-state index contributed by atoms with van der Waals surface area (Å²) in [4.78, 5) is 31.8. The highest BCUT2D eigenvalue weighted by molar-refractivity contribution is 6.02. The van der Waals surface area contributed by atoms with Crippen molar-refractivity contribution in [1.82, 2.24) is 9.97 Å². The molecule has 0 saturated carbocycles. The number of amides is 1. The van der Waals surface area contributed by atoms with Gasteiger partial charge in [0.05, 0.1) is 24.6 Å². The molecular weight excluding hydrogens is 382 g/mol. The number of carbonyl (C=O) groups excluding carboxylic acids is 2. The maximum atomic E-state index is 13.6. The number of hydrogen-bond acceptors (Lipinski definition) is 6. The third-order valence-electron chi connectivity index (χ3n) is 3.75. The molecule has 3 rings (SSSR count). The summed E-state index contributed by atoms with van der Waals surface area (Å²) < 4.78 is 32.2. The maximum Gasteiger partial charge on any atom is 0.338 e. The molecular formula is C20H16F2N4O3. The molecule has 0 aliphatic rings. The van der Waals surface area contributed by atoms with Crippen LogP contribution in [0.2, 0.25) is 0 Å². The van der Waals surface area contributed by atoms with Gasteiger partial charge in [0.15, 0.2) is 0 Å². The van der Waals surface area contributed by atoms with Crippen molar-refractivity contribution in [3.05, 3.63) is 77.8 Å². The lowest BCUT2D eigenvalue weighted by atomic mass is 10.2. The summed E-state index contributed by atoms with van der Waals surface area (Å²) in [5, 5.41) is 5.09. The second-order valence-corrected chi connectivity index (χ2v) is 5.76. The number of esters is 1. The molecule has 148 valence electrons. The van der Waals surface area contributed by atoms with E-state index < -0.39 is 29.2 Å². The molecule has 0 bridgehead atoms. The number of halogens is 2. The first-order valence-electron chi connectivity index (χ1n) is 8.59. The van der Waals surface area contributed by atoms with E-state index in [1.807, 2.05) is 0 Å². The third-order valence-corrected chi connectivity index (χ3v) is 3.75. The molecule has 1 aromatic heterocycles. The second-order valence-electron chi connectivity index (χ2n) is 5.76. The first-order chi connectivity index (χ1) is 14.0. The minimum absolute atomic E-state index is 0.115. The number of aromatic nitrogens is 2. The van der Waals surface area contributed by atoms with Gasteiger partial charge in [0, 0.05) is 5.69 Å². The highest BCUT2D eigenvalue weighted by Gasteiger charge is 2.15. The number of hydrogen-bond donors (Lipinski definition) is 2. The number of para-hydroxylation sites is 1. The van der Waals surface area contributed by atoms with Gasteiger partial charge in [-0.15, -0.1) is 0 Å². The van der Waals surface area contributed by atoms with Crippen molar-refractivity contribution in [2.45, 2.75) is 6.92 Å². The van der Waals surface area contributed by atoms with Gasteiger partial charge in [-0.3, -0.25) is 4.79 Å². The first-order valence-corrected chi connectivity index (χ1v) is 8.59. The van der Waals surface area contributed by atoms with Gasteiger partial charge in [-0.25, -0.2) is 23.5 Å². The molecule has 2 aromatic carbocycles. The van der Waals surface area contributed by atoms with Crippen molar-refractivity contribution in [3.63, 3.8) is 0 Å². The second kappa shape index (κ2) is 8.87. The van der Waals surface area contributed by atoms with Crippen molar-refractivity contribution in [2.24, 2.45) is 0 Å². The van der Waals surface area contributed by atoms with E-state index in [9.17, 15) is 18.4 Å². The number of benzene rings is 2. The van der Waals surface area contributed by atoms with Gasteiger partial charge in [0.2, 0.25) is 0 Å². The monoisotopic (exact) mass is 398 g/mol. The van der Waals surface area contributed by atoms with Crippen molar-refractivity contribution < 1.29 is 23.1 Å². The Kier molecular flexibility index (Phi) is 6.08.